The van der Waals surface area contributed by atoms with Crippen LogP contribution in [0.5, 0.6) is 0 Å². The predicted molar refractivity (Wildman–Crippen MR) is 268 cm³/mol. The topological polar surface area (TPSA) is 51.8 Å². The van der Waals surface area contributed by atoms with Crippen LogP contribution in [0.4, 0.5) is 0 Å². The lowest BCUT2D eigenvalue weighted by molar-refractivity contribution is 0.596. The first-order valence-corrected chi connectivity index (χ1v) is 22.5. The Hall–Kier alpha value is -8.73. The van der Waals surface area contributed by atoms with E-state index in [0.717, 1.165) is 56.0 Å². The van der Waals surface area contributed by atoms with Gasteiger partial charge in [-0.05, 0) is 77.8 Å². The second kappa shape index (κ2) is 14.1. The van der Waals surface area contributed by atoms with Gasteiger partial charge in [0, 0.05) is 38.9 Å². The minimum atomic E-state index is -0.639. The third kappa shape index (κ3) is 5.18. The monoisotopic (exact) mass is 839 g/mol. The standard InChI is InChI=1S/C62H37N3O/c1-3-18-38(19-4-1)59-63-60(39-20-5-2-6-21-39)65-61(64-59)42-23-17-22-40(36-42)55-56-58(50-30-13-16-33-54(50)62(56)52-31-14-11-28-48(52)49-29-12-15-32-53(49)62)66-57(55)41-34-35-47-45-26-8-7-24-43(45)44-25-9-10-27-46(44)51(47)37-41/h1-37H. The fraction of sp³-hybridized carbons (Fsp3) is 0.0161. The van der Waals surface area contributed by atoms with Gasteiger partial charge in [-0.2, -0.15) is 0 Å². The van der Waals surface area contributed by atoms with E-state index in [-0.39, 0.29) is 0 Å². The van der Waals surface area contributed by atoms with Crippen molar-refractivity contribution in [1.82, 2.24) is 15.0 Å². The van der Waals surface area contributed by atoms with Crippen LogP contribution >= 0.6 is 0 Å². The van der Waals surface area contributed by atoms with E-state index in [1.54, 1.807) is 0 Å². The molecule has 0 atom stereocenters. The minimum Gasteiger partial charge on any atom is -0.455 e. The normalized spacial score (nSPS) is 13.0. The van der Waals surface area contributed by atoms with Crippen LogP contribution in [0.25, 0.3) is 111 Å². The molecule has 0 N–H and O–H groups in total. The fourth-order valence-electron chi connectivity index (χ4n) is 11.2. The van der Waals surface area contributed by atoms with Crippen molar-refractivity contribution in [3.8, 4) is 79.1 Å². The molecule has 4 nitrogen and oxygen atoms in total. The van der Waals surface area contributed by atoms with Crippen molar-refractivity contribution in [1.29, 1.82) is 0 Å². The summed E-state index contributed by atoms with van der Waals surface area (Å²) in [6.07, 6.45) is 0. The molecule has 2 aromatic heterocycles. The van der Waals surface area contributed by atoms with Gasteiger partial charge in [0.25, 0.3) is 0 Å². The van der Waals surface area contributed by atoms with Crippen LogP contribution in [0, 0.1) is 0 Å². The van der Waals surface area contributed by atoms with Gasteiger partial charge in [-0.1, -0.05) is 212 Å². The average Bonchev–Trinajstić information content (AvgIpc) is 4.03. The van der Waals surface area contributed by atoms with Crippen molar-refractivity contribution in [2.45, 2.75) is 5.41 Å². The lowest BCUT2D eigenvalue weighted by Gasteiger charge is -2.30. The first kappa shape index (κ1) is 36.7. The first-order valence-electron chi connectivity index (χ1n) is 22.5. The van der Waals surface area contributed by atoms with Crippen LogP contribution in [0.1, 0.15) is 22.3 Å². The Morgan fingerprint density at radius 2 is 0.712 bits per heavy atom. The van der Waals surface area contributed by atoms with E-state index in [4.69, 9.17) is 19.4 Å². The molecule has 0 aliphatic heterocycles. The molecule has 306 valence electrons. The maximum Gasteiger partial charge on any atom is 0.164 e. The molecule has 2 aliphatic carbocycles. The van der Waals surface area contributed by atoms with Gasteiger partial charge in [-0.25, -0.2) is 15.0 Å². The van der Waals surface area contributed by atoms with Gasteiger partial charge < -0.3 is 4.42 Å². The number of furan rings is 1. The maximum absolute atomic E-state index is 7.55. The highest BCUT2D eigenvalue weighted by Gasteiger charge is 2.55. The van der Waals surface area contributed by atoms with E-state index in [1.807, 2.05) is 36.4 Å². The lowest BCUT2D eigenvalue weighted by atomic mass is 9.69. The summed E-state index contributed by atoms with van der Waals surface area (Å²) in [7, 11) is 0. The van der Waals surface area contributed by atoms with E-state index in [0.29, 0.717) is 17.5 Å². The number of aromatic nitrogens is 3. The molecular formula is C62H37N3O. The number of hydrogen-bond donors (Lipinski definition) is 0. The molecule has 1 spiro atoms. The molecule has 12 aromatic rings. The summed E-state index contributed by atoms with van der Waals surface area (Å²) in [5, 5.41) is 7.35. The second-order valence-corrected chi connectivity index (χ2v) is 17.4. The molecule has 0 bridgehead atoms. The molecule has 0 unspecified atom stereocenters. The highest BCUT2D eigenvalue weighted by Crippen LogP contribution is 2.66. The van der Waals surface area contributed by atoms with Crippen LogP contribution in [-0.4, -0.2) is 15.0 Å². The number of hydrogen-bond acceptors (Lipinski definition) is 4. The van der Waals surface area contributed by atoms with Crippen LogP contribution in [0.3, 0.4) is 0 Å². The summed E-state index contributed by atoms with van der Waals surface area (Å²) >= 11 is 0. The largest absolute Gasteiger partial charge is 0.455 e. The Morgan fingerprint density at radius 1 is 0.288 bits per heavy atom. The highest BCUT2D eigenvalue weighted by molar-refractivity contribution is 6.26. The second-order valence-electron chi connectivity index (χ2n) is 17.4. The zero-order valence-electron chi connectivity index (χ0n) is 35.6. The average molecular weight is 840 g/mol. The van der Waals surface area contributed by atoms with Gasteiger partial charge in [0.15, 0.2) is 17.5 Å². The molecule has 0 fully saturated rings. The van der Waals surface area contributed by atoms with E-state index in [1.165, 1.54) is 60.1 Å². The molecular weight excluding hydrogens is 803 g/mol. The zero-order valence-corrected chi connectivity index (χ0v) is 35.6. The summed E-state index contributed by atoms with van der Waals surface area (Å²) in [5.41, 5.74) is 13.7. The first-order chi connectivity index (χ1) is 32.7. The van der Waals surface area contributed by atoms with Crippen molar-refractivity contribution in [2.75, 3.05) is 0 Å². The molecule has 4 heteroatoms. The van der Waals surface area contributed by atoms with Gasteiger partial charge >= 0.3 is 0 Å². The van der Waals surface area contributed by atoms with Gasteiger partial charge in [-0.3, -0.25) is 0 Å². The number of rotatable bonds is 5. The van der Waals surface area contributed by atoms with E-state index >= 15 is 0 Å². The summed E-state index contributed by atoms with van der Waals surface area (Å²) in [6, 6.07) is 80.2. The summed E-state index contributed by atoms with van der Waals surface area (Å²) < 4.78 is 7.55. The molecule has 0 saturated carbocycles. The van der Waals surface area contributed by atoms with Gasteiger partial charge in [0.1, 0.15) is 11.5 Å². The summed E-state index contributed by atoms with van der Waals surface area (Å²) in [4.78, 5) is 15.4. The molecule has 0 saturated heterocycles. The molecule has 66 heavy (non-hydrogen) atoms. The molecule has 0 amide bonds. The fourth-order valence-corrected chi connectivity index (χ4v) is 11.2. The summed E-state index contributed by atoms with van der Waals surface area (Å²) in [5.74, 6) is 3.58. The van der Waals surface area contributed by atoms with Gasteiger partial charge in [0.2, 0.25) is 0 Å². The number of nitrogens with zero attached hydrogens (tertiary/aromatic N) is 3. The van der Waals surface area contributed by atoms with E-state index < -0.39 is 5.41 Å². The molecule has 2 aliphatic rings. The quantitative estimate of drug-likeness (QED) is 0.162. The SMILES string of the molecule is c1ccc(-c2nc(-c3ccccc3)nc(-c3cccc(-c4c(-c5ccc6c7ccccc7c7ccccc7c6c5)oc5c4C4(c6ccccc6-c6ccccc64)c4ccccc4-5)c3)n2)cc1. The third-order valence-corrected chi connectivity index (χ3v) is 13.9. The van der Waals surface area contributed by atoms with E-state index in [2.05, 4.69) is 188 Å². The molecule has 10 aromatic carbocycles. The van der Waals surface area contributed by atoms with Crippen molar-refractivity contribution >= 4 is 32.3 Å². The van der Waals surface area contributed by atoms with Crippen LogP contribution in [0.15, 0.2) is 229 Å². The van der Waals surface area contributed by atoms with E-state index in [9.17, 15) is 0 Å². The Morgan fingerprint density at radius 3 is 1.29 bits per heavy atom. The Bertz CT molecular complexity index is 3810. The summed E-state index contributed by atoms with van der Waals surface area (Å²) in [6.45, 7) is 0. The zero-order chi connectivity index (χ0) is 43.3. The van der Waals surface area contributed by atoms with Crippen LogP contribution in [0.2, 0.25) is 0 Å². The Kier molecular flexibility index (Phi) is 7.87. The van der Waals surface area contributed by atoms with Crippen molar-refractivity contribution in [3.05, 3.63) is 247 Å². The third-order valence-electron chi connectivity index (χ3n) is 13.9. The Balaban J connectivity index is 1.08. The molecule has 14 rings (SSSR count). The van der Waals surface area contributed by atoms with Crippen molar-refractivity contribution in [2.24, 2.45) is 0 Å². The van der Waals surface area contributed by atoms with Crippen LogP contribution < -0.4 is 0 Å². The molecule has 0 radical (unpaired) electrons. The number of fused-ring (bicyclic) bond motifs is 16. The predicted octanol–water partition coefficient (Wildman–Crippen LogP) is 15.6. The van der Waals surface area contributed by atoms with Gasteiger partial charge in [0.05, 0.1) is 5.41 Å². The smallest absolute Gasteiger partial charge is 0.164 e. The molecule has 2 heterocycles. The minimum absolute atomic E-state index is 0.602. The van der Waals surface area contributed by atoms with Crippen molar-refractivity contribution in [3.63, 3.8) is 0 Å². The van der Waals surface area contributed by atoms with Crippen LogP contribution in [-0.2, 0) is 5.41 Å². The lowest BCUT2D eigenvalue weighted by Crippen LogP contribution is -2.26. The number of benzene rings is 10. The maximum atomic E-state index is 7.55. The highest BCUT2D eigenvalue weighted by atomic mass is 16.3. The van der Waals surface area contributed by atoms with Crippen molar-refractivity contribution < 1.29 is 4.42 Å². The Labute approximate surface area is 381 Å². The van der Waals surface area contributed by atoms with Gasteiger partial charge in [-0.15, -0.1) is 0 Å².